The van der Waals surface area contributed by atoms with Gasteiger partial charge in [0.25, 0.3) is 0 Å². The Morgan fingerprint density at radius 2 is 1.72 bits per heavy atom. The fourth-order valence-corrected chi connectivity index (χ4v) is 4.01. The third kappa shape index (κ3) is 7.99. The number of rotatable bonds is 11. The topological polar surface area (TPSA) is 115 Å². The van der Waals surface area contributed by atoms with E-state index in [4.69, 9.17) is 26.8 Å². The maximum Gasteiger partial charge on any atom is 0.163 e. The highest BCUT2D eigenvalue weighted by Gasteiger charge is 2.29. The van der Waals surface area contributed by atoms with Crippen LogP contribution in [0.5, 0.6) is 11.5 Å². The molecule has 9 heteroatoms. The SMILES string of the molecule is COc1cc(C(=O)CCC(C)(O)c2cc(C(C)(C)N)cc(-c3ccc(F)c(Cl)c3)n2)ccc1OCC(C)(C)O. The molecule has 0 bridgehead atoms. The Bertz CT molecular complexity index is 1350. The van der Waals surface area contributed by atoms with E-state index >= 15 is 0 Å². The normalized spacial score (nSPS) is 13.6. The van der Waals surface area contributed by atoms with Crippen LogP contribution in [0.1, 0.15) is 69.1 Å². The molecule has 0 aliphatic heterocycles. The summed E-state index contributed by atoms with van der Waals surface area (Å²) in [5.41, 5.74) is 5.58. The summed E-state index contributed by atoms with van der Waals surface area (Å²) in [6.07, 6.45) is 0.103. The maximum absolute atomic E-state index is 13.8. The zero-order valence-electron chi connectivity index (χ0n) is 23.1. The maximum atomic E-state index is 13.8. The number of carbonyl (C=O) groups is 1. The van der Waals surface area contributed by atoms with Gasteiger partial charge in [0.1, 0.15) is 18.0 Å². The average molecular weight is 559 g/mol. The zero-order chi connectivity index (χ0) is 29.2. The number of hydrogen-bond donors (Lipinski definition) is 3. The van der Waals surface area contributed by atoms with Crippen LogP contribution in [0.2, 0.25) is 5.02 Å². The van der Waals surface area contributed by atoms with Crippen molar-refractivity contribution in [2.75, 3.05) is 13.7 Å². The number of hydrogen-bond acceptors (Lipinski definition) is 7. The van der Waals surface area contributed by atoms with Gasteiger partial charge < -0.3 is 25.4 Å². The van der Waals surface area contributed by atoms with Crippen LogP contribution in [0, 0.1) is 5.82 Å². The Hall–Kier alpha value is -3.04. The molecule has 0 amide bonds. The molecule has 1 heterocycles. The Kier molecular flexibility index (Phi) is 9.07. The van der Waals surface area contributed by atoms with Crippen LogP contribution >= 0.6 is 11.6 Å². The molecule has 2 aromatic carbocycles. The zero-order valence-corrected chi connectivity index (χ0v) is 23.9. The molecule has 0 aliphatic carbocycles. The van der Waals surface area contributed by atoms with E-state index in [-0.39, 0.29) is 30.3 Å². The Morgan fingerprint density at radius 1 is 1.03 bits per heavy atom. The number of methoxy groups -OCH3 is 1. The summed E-state index contributed by atoms with van der Waals surface area (Å²) in [5, 5.41) is 21.3. The highest BCUT2D eigenvalue weighted by molar-refractivity contribution is 6.31. The Labute approximate surface area is 233 Å². The van der Waals surface area contributed by atoms with E-state index in [1.165, 1.54) is 19.2 Å². The van der Waals surface area contributed by atoms with Gasteiger partial charge in [-0.3, -0.25) is 4.79 Å². The lowest BCUT2D eigenvalue weighted by molar-refractivity contribution is 0.0276. The number of nitrogens with zero attached hydrogens (tertiary/aromatic N) is 1. The minimum Gasteiger partial charge on any atom is -0.493 e. The molecule has 7 nitrogen and oxygen atoms in total. The first-order valence-corrected chi connectivity index (χ1v) is 12.9. The summed E-state index contributed by atoms with van der Waals surface area (Å²) in [6.45, 7) is 8.55. The van der Waals surface area contributed by atoms with Crippen molar-refractivity contribution in [3.05, 3.63) is 76.2 Å². The first-order chi connectivity index (χ1) is 18.0. The number of carbonyl (C=O) groups excluding carboxylic acids is 1. The van der Waals surface area contributed by atoms with E-state index in [1.54, 1.807) is 57.2 Å². The second kappa shape index (κ2) is 11.6. The molecule has 39 heavy (non-hydrogen) atoms. The summed E-state index contributed by atoms with van der Waals surface area (Å²) < 4.78 is 24.7. The molecular weight excluding hydrogens is 523 g/mol. The smallest absolute Gasteiger partial charge is 0.163 e. The van der Waals surface area contributed by atoms with Crippen molar-refractivity contribution in [1.29, 1.82) is 0 Å². The average Bonchev–Trinajstić information content (AvgIpc) is 2.86. The van der Waals surface area contributed by atoms with E-state index in [1.807, 2.05) is 13.8 Å². The molecule has 1 unspecified atom stereocenters. The van der Waals surface area contributed by atoms with Crippen LogP contribution < -0.4 is 15.2 Å². The van der Waals surface area contributed by atoms with Gasteiger partial charge in [0.05, 0.1) is 29.1 Å². The van der Waals surface area contributed by atoms with Gasteiger partial charge in [0.15, 0.2) is 17.3 Å². The van der Waals surface area contributed by atoms with Crippen LogP contribution in [0.25, 0.3) is 11.3 Å². The van der Waals surface area contributed by atoms with E-state index in [2.05, 4.69) is 4.98 Å². The standard InChI is InChI=1S/C30H36ClFN2O5/c1-28(2,36)17-39-25-10-8-19(14-26(25)38-6)24(35)11-12-30(5,37)27-16-20(29(3,4)33)15-23(34-27)18-7-9-22(32)21(31)13-18/h7-10,13-16,36-37H,11-12,17,33H2,1-6H3. The first-order valence-electron chi connectivity index (χ1n) is 12.6. The number of halogens is 2. The summed E-state index contributed by atoms with van der Waals surface area (Å²) in [6, 6.07) is 12.6. The molecule has 210 valence electrons. The molecule has 3 rings (SSSR count). The van der Waals surface area contributed by atoms with E-state index in [0.717, 1.165) is 0 Å². The molecule has 0 saturated carbocycles. The molecule has 0 fully saturated rings. The number of aromatic nitrogens is 1. The van der Waals surface area contributed by atoms with Crippen molar-refractivity contribution in [2.24, 2.45) is 5.73 Å². The lowest BCUT2D eigenvalue weighted by Gasteiger charge is -2.27. The predicted molar refractivity (Wildman–Crippen MR) is 150 cm³/mol. The number of aliphatic hydroxyl groups is 2. The van der Waals surface area contributed by atoms with Gasteiger partial charge in [0, 0.05) is 23.1 Å². The van der Waals surface area contributed by atoms with Gasteiger partial charge in [-0.2, -0.15) is 0 Å². The highest BCUT2D eigenvalue weighted by atomic mass is 35.5. The third-order valence-electron chi connectivity index (χ3n) is 6.24. The van der Waals surface area contributed by atoms with Gasteiger partial charge in [-0.05, 0) is 95.1 Å². The third-order valence-corrected chi connectivity index (χ3v) is 6.53. The second-order valence-corrected chi connectivity index (χ2v) is 11.5. The molecule has 0 radical (unpaired) electrons. The van der Waals surface area contributed by atoms with Crippen LogP contribution in [-0.2, 0) is 11.1 Å². The van der Waals surface area contributed by atoms with Crippen molar-refractivity contribution < 1.29 is 28.9 Å². The van der Waals surface area contributed by atoms with Gasteiger partial charge in [-0.15, -0.1) is 0 Å². The number of benzene rings is 2. The van der Waals surface area contributed by atoms with E-state index < -0.39 is 22.6 Å². The minimum absolute atomic E-state index is 0.0235. The summed E-state index contributed by atoms with van der Waals surface area (Å²) in [7, 11) is 1.47. The van der Waals surface area contributed by atoms with Gasteiger partial charge in [0.2, 0.25) is 0 Å². The Morgan fingerprint density at radius 3 is 2.31 bits per heavy atom. The minimum atomic E-state index is -1.48. The predicted octanol–water partition coefficient (Wildman–Crippen LogP) is 5.76. The molecule has 4 N–H and O–H groups in total. The first kappa shape index (κ1) is 30.5. The van der Waals surface area contributed by atoms with Crippen molar-refractivity contribution in [3.63, 3.8) is 0 Å². The van der Waals surface area contributed by atoms with Crippen molar-refractivity contribution in [1.82, 2.24) is 4.98 Å². The van der Waals surface area contributed by atoms with Crippen LogP contribution in [0.4, 0.5) is 4.39 Å². The number of ether oxygens (including phenoxy) is 2. The van der Waals surface area contributed by atoms with Gasteiger partial charge in [-0.1, -0.05) is 11.6 Å². The lowest BCUT2D eigenvalue weighted by Crippen LogP contribution is -2.31. The van der Waals surface area contributed by atoms with Crippen LogP contribution in [-0.4, -0.2) is 40.3 Å². The highest BCUT2D eigenvalue weighted by Crippen LogP contribution is 2.34. The van der Waals surface area contributed by atoms with E-state index in [0.29, 0.717) is 39.6 Å². The Balaban J connectivity index is 1.85. The summed E-state index contributed by atoms with van der Waals surface area (Å²) in [4.78, 5) is 17.7. The number of ketones is 1. The largest absolute Gasteiger partial charge is 0.493 e. The van der Waals surface area contributed by atoms with Crippen molar-refractivity contribution >= 4 is 17.4 Å². The molecule has 0 aliphatic rings. The number of pyridine rings is 1. The second-order valence-electron chi connectivity index (χ2n) is 11.1. The summed E-state index contributed by atoms with van der Waals surface area (Å²) >= 11 is 5.99. The fourth-order valence-electron chi connectivity index (χ4n) is 3.83. The van der Waals surface area contributed by atoms with Gasteiger partial charge >= 0.3 is 0 Å². The molecule has 3 aromatic rings. The van der Waals surface area contributed by atoms with E-state index in [9.17, 15) is 19.4 Å². The fraction of sp³-hybridized carbons (Fsp3) is 0.400. The quantitative estimate of drug-likeness (QED) is 0.256. The molecular formula is C30H36ClFN2O5. The van der Waals surface area contributed by atoms with Crippen molar-refractivity contribution in [2.45, 2.75) is 64.2 Å². The monoisotopic (exact) mass is 558 g/mol. The molecule has 0 spiro atoms. The molecule has 1 atom stereocenters. The molecule has 0 saturated heterocycles. The number of Topliss-reactive ketones (excluding diaryl/α,β-unsaturated/α-hetero) is 1. The number of nitrogens with two attached hydrogens (primary N) is 1. The molecule has 1 aromatic heterocycles. The van der Waals surface area contributed by atoms with Crippen LogP contribution in [0.3, 0.4) is 0 Å². The summed E-state index contributed by atoms with van der Waals surface area (Å²) in [5.74, 6) is 0.0133. The lowest BCUT2D eigenvalue weighted by atomic mass is 9.88. The van der Waals surface area contributed by atoms with Gasteiger partial charge in [-0.25, -0.2) is 9.37 Å². The van der Waals surface area contributed by atoms with Crippen LogP contribution in [0.15, 0.2) is 48.5 Å². The van der Waals surface area contributed by atoms with Crippen molar-refractivity contribution in [3.8, 4) is 22.8 Å².